The summed E-state index contributed by atoms with van der Waals surface area (Å²) in [5.74, 6) is 0.504. The number of fused-ring (bicyclic) bond motifs is 3. The number of carbonyl (C=O) groups is 1. The number of nitrogens with one attached hydrogen (secondary N) is 1. The van der Waals surface area contributed by atoms with E-state index in [0.29, 0.717) is 41.5 Å². The fourth-order valence-electron chi connectivity index (χ4n) is 6.28. The summed E-state index contributed by atoms with van der Waals surface area (Å²) in [5, 5.41) is 3.79. The van der Waals surface area contributed by atoms with Gasteiger partial charge in [-0.15, -0.1) is 0 Å². The maximum absolute atomic E-state index is 13.2. The summed E-state index contributed by atoms with van der Waals surface area (Å²) in [6, 6.07) is 31.6. The van der Waals surface area contributed by atoms with Gasteiger partial charge < -0.3 is 10.2 Å². The van der Waals surface area contributed by atoms with Crippen LogP contribution in [-0.2, 0) is 13.1 Å². The Bertz CT molecular complexity index is 1800. The fourth-order valence-corrected chi connectivity index (χ4v) is 6.28. The van der Waals surface area contributed by atoms with Crippen molar-refractivity contribution < 1.29 is 4.79 Å². The van der Waals surface area contributed by atoms with Crippen LogP contribution in [0.4, 0.5) is 5.95 Å². The minimum atomic E-state index is -0.176. The Hall–Kier alpha value is -4.82. The molecule has 0 aliphatic carbocycles. The number of benzene rings is 3. The SMILES string of the molecule is Cc1nc(N2CC3CC2CN3Cc2ccccc2)nc2c1ccc(=O)n2-c1ccc(C(=O)NCc2ccccc2)cc1. The van der Waals surface area contributed by atoms with Crippen LogP contribution in [0, 0.1) is 6.92 Å². The molecule has 210 valence electrons. The maximum atomic E-state index is 13.2. The zero-order valence-corrected chi connectivity index (χ0v) is 23.5. The molecule has 2 aliphatic heterocycles. The summed E-state index contributed by atoms with van der Waals surface area (Å²) >= 11 is 0. The largest absolute Gasteiger partial charge is 0.348 e. The number of anilines is 1. The van der Waals surface area contributed by atoms with Crippen LogP contribution >= 0.6 is 0 Å². The molecule has 2 unspecified atom stereocenters. The molecule has 0 radical (unpaired) electrons. The van der Waals surface area contributed by atoms with E-state index in [2.05, 4.69) is 45.4 Å². The number of nitrogens with zero attached hydrogens (tertiary/aromatic N) is 5. The van der Waals surface area contributed by atoms with Crippen LogP contribution in [0.25, 0.3) is 16.7 Å². The van der Waals surface area contributed by atoms with Crippen molar-refractivity contribution in [2.45, 2.75) is 38.5 Å². The van der Waals surface area contributed by atoms with Crippen LogP contribution < -0.4 is 15.8 Å². The van der Waals surface area contributed by atoms with E-state index in [4.69, 9.17) is 9.97 Å². The predicted molar refractivity (Wildman–Crippen MR) is 164 cm³/mol. The molecule has 2 aromatic heterocycles. The number of hydrogen-bond acceptors (Lipinski definition) is 6. The molecular formula is C34H32N6O2. The topological polar surface area (TPSA) is 83.4 Å². The molecule has 3 aromatic carbocycles. The Morgan fingerprint density at radius 2 is 1.55 bits per heavy atom. The van der Waals surface area contributed by atoms with E-state index in [9.17, 15) is 9.59 Å². The second-order valence-electron chi connectivity index (χ2n) is 11.2. The Kier molecular flexibility index (Phi) is 6.76. The number of aromatic nitrogens is 3. The lowest BCUT2D eigenvalue weighted by molar-refractivity contribution is 0.0951. The summed E-state index contributed by atoms with van der Waals surface area (Å²) < 4.78 is 1.62. The highest BCUT2D eigenvalue weighted by Crippen LogP contribution is 2.35. The molecule has 1 N–H and O–H groups in total. The quantitative estimate of drug-likeness (QED) is 0.318. The molecule has 7 rings (SSSR count). The molecule has 5 aromatic rings. The van der Waals surface area contributed by atoms with Gasteiger partial charge in [0.1, 0.15) is 0 Å². The van der Waals surface area contributed by atoms with E-state index in [1.54, 1.807) is 41.0 Å². The lowest BCUT2D eigenvalue weighted by Crippen LogP contribution is -2.46. The number of carbonyl (C=O) groups excluding carboxylic acids is 1. The van der Waals surface area contributed by atoms with Gasteiger partial charge in [-0.05, 0) is 54.8 Å². The van der Waals surface area contributed by atoms with Crippen molar-refractivity contribution in [1.29, 1.82) is 0 Å². The third-order valence-corrected chi connectivity index (χ3v) is 8.45. The van der Waals surface area contributed by atoms with Gasteiger partial charge in [0, 0.05) is 55.3 Å². The molecule has 2 atom stereocenters. The lowest BCUT2D eigenvalue weighted by Gasteiger charge is -2.34. The van der Waals surface area contributed by atoms with Gasteiger partial charge in [0.25, 0.3) is 11.5 Å². The Balaban J connectivity index is 1.14. The zero-order valence-electron chi connectivity index (χ0n) is 23.5. The van der Waals surface area contributed by atoms with Gasteiger partial charge in [-0.25, -0.2) is 4.98 Å². The monoisotopic (exact) mass is 556 g/mol. The average molecular weight is 557 g/mol. The number of aryl methyl sites for hydroxylation is 1. The normalized spacial score (nSPS) is 18.1. The number of rotatable bonds is 7. The molecular weight excluding hydrogens is 524 g/mol. The minimum absolute atomic E-state index is 0.165. The number of pyridine rings is 1. The maximum Gasteiger partial charge on any atom is 0.256 e. The molecule has 2 fully saturated rings. The lowest BCUT2D eigenvalue weighted by atomic mass is 10.1. The first-order valence-electron chi connectivity index (χ1n) is 14.4. The molecule has 4 heterocycles. The molecule has 1 amide bonds. The second-order valence-corrected chi connectivity index (χ2v) is 11.2. The first kappa shape index (κ1) is 26.1. The number of likely N-dealkylation sites (tertiary alicyclic amines) is 1. The molecule has 0 saturated carbocycles. The molecule has 2 saturated heterocycles. The number of hydrogen-bond donors (Lipinski definition) is 1. The summed E-state index contributed by atoms with van der Waals surface area (Å²) in [6.45, 7) is 5.21. The van der Waals surface area contributed by atoms with E-state index in [-0.39, 0.29) is 11.5 Å². The fraction of sp³-hybridized carbons (Fsp3) is 0.235. The van der Waals surface area contributed by atoms with Crippen LogP contribution in [0.5, 0.6) is 0 Å². The van der Waals surface area contributed by atoms with Crippen LogP contribution in [0.2, 0.25) is 0 Å². The molecule has 2 bridgehead atoms. The molecule has 8 heteroatoms. The van der Waals surface area contributed by atoms with Gasteiger partial charge in [-0.2, -0.15) is 4.98 Å². The van der Waals surface area contributed by atoms with E-state index < -0.39 is 0 Å². The molecule has 8 nitrogen and oxygen atoms in total. The van der Waals surface area contributed by atoms with E-state index >= 15 is 0 Å². The van der Waals surface area contributed by atoms with Crippen molar-refractivity contribution in [2.24, 2.45) is 0 Å². The van der Waals surface area contributed by atoms with Gasteiger partial charge in [0.05, 0.1) is 11.4 Å². The van der Waals surface area contributed by atoms with Crippen LogP contribution in [0.1, 0.15) is 33.6 Å². The second kappa shape index (κ2) is 10.9. The van der Waals surface area contributed by atoms with Gasteiger partial charge in [0.2, 0.25) is 5.95 Å². The van der Waals surface area contributed by atoms with Crippen molar-refractivity contribution in [1.82, 2.24) is 24.8 Å². The molecule has 42 heavy (non-hydrogen) atoms. The number of piperazine rings is 1. The summed E-state index contributed by atoms with van der Waals surface area (Å²) in [6.07, 6.45) is 1.09. The zero-order chi connectivity index (χ0) is 28.6. The highest BCUT2D eigenvalue weighted by atomic mass is 16.1. The third kappa shape index (κ3) is 4.94. The minimum Gasteiger partial charge on any atom is -0.348 e. The van der Waals surface area contributed by atoms with Crippen molar-refractivity contribution in [3.05, 3.63) is 130 Å². The Labute approximate surface area is 244 Å². The Morgan fingerprint density at radius 3 is 2.24 bits per heavy atom. The van der Waals surface area contributed by atoms with E-state index in [1.165, 1.54) is 5.56 Å². The van der Waals surface area contributed by atoms with Gasteiger partial charge in [-0.1, -0.05) is 60.7 Å². The average Bonchev–Trinajstić information content (AvgIpc) is 3.62. The van der Waals surface area contributed by atoms with Crippen molar-refractivity contribution in [2.75, 3.05) is 18.0 Å². The standard InChI is InChI=1S/C34H32N6O2/c1-23-30-16-17-31(41)40(27-14-12-26(13-15-27)33(42)35-19-24-8-4-2-5-9-24)32(30)37-34(36-23)39-22-28-18-29(39)21-38(28)20-25-10-6-3-7-11-25/h2-17,28-29H,18-22H2,1H3,(H,35,42). The first-order chi connectivity index (χ1) is 20.5. The van der Waals surface area contributed by atoms with Crippen LogP contribution in [0.3, 0.4) is 0 Å². The third-order valence-electron chi connectivity index (χ3n) is 8.45. The van der Waals surface area contributed by atoms with Gasteiger partial charge in [-0.3, -0.25) is 19.1 Å². The van der Waals surface area contributed by atoms with E-state index in [1.807, 2.05) is 37.3 Å². The predicted octanol–water partition coefficient (Wildman–Crippen LogP) is 4.48. The smallest absolute Gasteiger partial charge is 0.256 e. The van der Waals surface area contributed by atoms with Gasteiger partial charge >= 0.3 is 0 Å². The first-order valence-corrected chi connectivity index (χ1v) is 14.4. The summed E-state index contributed by atoms with van der Waals surface area (Å²) in [4.78, 5) is 40.7. The summed E-state index contributed by atoms with van der Waals surface area (Å²) in [5.41, 5.74) is 4.79. The van der Waals surface area contributed by atoms with Crippen LogP contribution in [-0.4, -0.2) is 50.5 Å². The van der Waals surface area contributed by atoms with Crippen molar-refractivity contribution >= 4 is 22.9 Å². The highest BCUT2D eigenvalue weighted by Gasteiger charge is 2.44. The Morgan fingerprint density at radius 1 is 0.833 bits per heavy atom. The summed E-state index contributed by atoms with van der Waals surface area (Å²) in [7, 11) is 0. The van der Waals surface area contributed by atoms with Crippen molar-refractivity contribution in [3.63, 3.8) is 0 Å². The van der Waals surface area contributed by atoms with E-state index in [0.717, 1.165) is 42.7 Å². The molecule has 2 aliphatic rings. The van der Waals surface area contributed by atoms with Gasteiger partial charge in [0.15, 0.2) is 5.65 Å². The highest BCUT2D eigenvalue weighted by molar-refractivity contribution is 5.94. The molecule has 0 spiro atoms. The number of amides is 1. The van der Waals surface area contributed by atoms with Crippen molar-refractivity contribution in [3.8, 4) is 5.69 Å². The van der Waals surface area contributed by atoms with Crippen LogP contribution in [0.15, 0.2) is 102 Å².